The summed E-state index contributed by atoms with van der Waals surface area (Å²) in [5.74, 6) is 1.46. The lowest BCUT2D eigenvalue weighted by atomic mass is 10.2. The molecule has 3 aromatic rings. The standard InChI is InChI=1S/C17H17FN4O2/c1-10-6-12(11(2)24-10)8-19-17-20-9-15(18)16(22-17)21-13-4-3-5-14(23)7-13/h3-7,9,23H,8H2,1-2H3,(H2,19,20,21,22). The fourth-order valence-electron chi connectivity index (χ4n) is 2.29. The zero-order valence-corrected chi connectivity index (χ0v) is 13.3. The summed E-state index contributed by atoms with van der Waals surface area (Å²) in [6.07, 6.45) is 1.09. The molecule has 1 aromatic carbocycles. The maximum absolute atomic E-state index is 13.9. The highest BCUT2D eigenvalue weighted by atomic mass is 19.1. The highest BCUT2D eigenvalue weighted by molar-refractivity contribution is 5.59. The van der Waals surface area contributed by atoms with Crippen LogP contribution in [-0.4, -0.2) is 15.1 Å². The van der Waals surface area contributed by atoms with E-state index in [0.717, 1.165) is 23.3 Å². The van der Waals surface area contributed by atoms with Crippen LogP contribution < -0.4 is 10.6 Å². The summed E-state index contributed by atoms with van der Waals surface area (Å²) in [5, 5.41) is 15.3. The van der Waals surface area contributed by atoms with Gasteiger partial charge >= 0.3 is 0 Å². The van der Waals surface area contributed by atoms with Crippen molar-refractivity contribution < 1.29 is 13.9 Å². The maximum Gasteiger partial charge on any atom is 0.225 e. The fraction of sp³-hybridized carbons (Fsp3) is 0.176. The van der Waals surface area contributed by atoms with E-state index < -0.39 is 5.82 Å². The largest absolute Gasteiger partial charge is 0.508 e. The summed E-state index contributed by atoms with van der Waals surface area (Å²) < 4.78 is 19.4. The van der Waals surface area contributed by atoms with E-state index in [0.29, 0.717) is 12.2 Å². The Labute approximate surface area is 138 Å². The Balaban J connectivity index is 1.75. The van der Waals surface area contributed by atoms with Gasteiger partial charge in [0.2, 0.25) is 5.95 Å². The first-order valence-electron chi connectivity index (χ1n) is 7.39. The summed E-state index contributed by atoms with van der Waals surface area (Å²) in [5.41, 5.74) is 1.52. The molecule has 124 valence electrons. The van der Waals surface area contributed by atoms with Crippen molar-refractivity contribution in [2.45, 2.75) is 20.4 Å². The van der Waals surface area contributed by atoms with E-state index in [4.69, 9.17) is 4.42 Å². The van der Waals surface area contributed by atoms with Gasteiger partial charge in [0.05, 0.1) is 6.20 Å². The van der Waals surface area contributed by atoms with Gasteiger partial charge < -0.3 is 20.2 Å². The van der Waals surface area contributed by atoms with Crippen molar-refractivity contribution in [2.75, 3.05) is 10.6 Å². The highest BCUT2D eigenvalue weighted by Crippen LogP contribution is 2.22. The number of halogens is 1. The maximum atomic E-state index is 13.9. The Kier molecular flexibility index (Phi) is 4.33. The van der Waals surface area contributed by atoms with Crippen molar-refractivity contribution in [1.29, 1.82) is 0 Å². The molecule has 0 aliphatic heterocycles. The van der Waals surface area contributed by atoms with Gasteiger partial charge in [0.1, 0.15) is 17.3 Å². The number of hydrogen-bond donors (Lipinski definition) is 3. The van der Waals surface area contributed by atoms with Gasteiger partial charge in [0.25, 0.3) is 0 Å². The predicted molar refractivity (Wildman–Crippen MR) is 88.9 cm³/mol. The number of phenolic OH excluding ortho intramolecular Hbond substituents is 1. The van der Waals surface area contributed by atoms with E-state index in [9.17, 15) is 9.50 Å². The van der Waals surface area contributed by atoms with Crippen molar-refractivity contribution in [3.05, 3.63) is 59.4 Å². The van der Waals surface area contributed by atoms with Crippen LogP contribution in [0, 0.1) is 19.7 Å². The van der Waals surface area contributed by atoms with Crippen LogP contribution in [-0.2, 0) is 6.54 Å². The van der Waals surface area contributed by atoms with E-state index in [1.807, 2.05) is 19.9 Å². The lowest BCUT2D eigenvalue weighted by Crippen LogP contribution is -2.06. The molecule has 0 saturated carbocycles. The number of aryl methyl sites for hydroxylation is 2. The third kappa shape index (κ3) is 3.62. The highest BCUT2D eigenvalue weighted by Gasteiger charge is 2.09. The van der Waals surface area contributed by atoms with Crippen LogP contribution in [0.15, 0.2) is 40.9 Å². The summed E-state index contributed by atoms with van der Waals surface area (Å²) >= 11 is 0. The molecule has 3 N–H and O–H groups in total. The molecule has 0 aliphatic rings. The molecule has 0 unspecified atom stereocenters. The molecule has 0 atom stereocenters. The molecule has 0 saturated heterocycles. The van der Waals surface area contributed by atoms with Gasteiger partial charge in [-0.05, 0) is 32.0 Å². The molecule has 0 fully saturated rings. The van der Waals surface area contributed by atoms with Crippen molar-refractivity contribution in [3.63, 3.8) is 0 Å². The number of phenols is 1. The van der Waals surface area contributed by atoms with Crippen molar-refractivity contribution in [3.8, 4) is 5.75 Å². The molecule has 7 heteroatoms. The van der Waals surface area contributed by atoms with Crippen molar-refractivity contribution in [2.24, 2.45) is 0 Å². The van der Waals surface area contributed by atoms with E-state index >= 15 is 0 Å². The summed E-state index contributed by atoms with van der Waals surface area (Å²) in [6, 6.07) is 8.29. The number of aromatic nitrogens is 2. The lowest BCUT2D eigenvalue weighted by molar-refractivity contribution is 0.475. The second kappa shape index (κ2) is 6.57. The van der Waals surface area contributed by atoms with Gasteiger partial charge in [-0.15, -0.1) is 0 Å². The van der Waals surface area contributed by atoms with Gasteiger partial charge in [0, 0.05) is 23.9 Å². The first kappa shape index (κ1) is 15.8. The van der Waals surface area contributed by atoms with Crippen LogP contribution in [0.4, 0.5) is 21.8 Å². The van der Waals surface area contributed by atoms with Crippen LogP contribution in [0.3, 0.4) is 0 Å². The molecule has 0 amide bonds. The smallest absolute Gasteiger partial charge is 0.225 e. The van der Waals surface area contributed by atoms with Crippen LogP contribution in [0.25, 0.3) is 0 Å². The minimum atomic E-state index is -0.584. The predicted octanol–water partition coefficient (Wildman–Crippen LogP) is 3.89. The Hall–Kier alpha value is -3.09. The zero-order chi connectivity index (χ0) is 17.1. The second-order valence-electron chi connectivity index (χ2n) is 5.36. The Bertz CT molecular complexity index is 864. The number of benzene rings is 1. The number of hydrogen-bond acceptors (Lipinski definition) is 6. The molecule has 24 heavy (non-hydrogen) atoms. The van der Waals surface area contributed by atoms with Gasteiger partial charge in [-0.3, -0.25) is 0 Å². The van der Waals surface area contributed by atoms with Gasteiger partial charge in [-0.1, -0.05) is 6.07 Å². The molecule has 0 aliphatic carbocycles. The monoisotopic (exact) mass is 328 g/mol. The molecule has 0 bridgehead atoms. The number of furan rings is 1. The third-order valence-corrected chi connectivity index (χ3v) is 3.43. The first-order chi connectivity index (χ1) is 11.5. The van der Waals surface area contributed by atoms with Crippen LogP contribution in [0.2, 0.25) is 0 Å². The fourth-order valence-corrected chi connectivity index (χ4v) is 2.29. The zero-order valence-electron chi connectivity index (χ0n) is 13.3. The van der Waals surface area contributed by atoms with Gasteiger partial charge in [-0.25, -0.2) is 9.37 Å². The summed E-state index contributed by atoms with van der Waals surface area (Å²) in [7, 11) is 0. The van der Waals surface area contributed by atoms with Gasteiger partial charge in [-0.2, -0.15) is 4.98 Å². The normalized spacial score (nSPS) is 10.6. The van der Waals surface area contributed by atoms with Crippen molar-refractivity contribution in [1.82, 2.24) is 9.97 Å². The molecule has 6 nitrogen and oxygen atoms in total. The topological polar surface area (TPSA) is 83.2 Å². The second-order valence-corrected chi connectivity index (χ2v) is 5.36. The van der Waals surface area contributed by atoms with Crippen LogP contribution in [0.5, 0.6) is 5.75 Å². The molecule has 0 spiro atoms. The molecule has 3 rings (SSSR count). The number of anilines is 3. The first-order valence-corrected chi connectivity index (χ1v) is 7.39. The lowest BCUT2D eigenvalue weighted by Gasteiger charge is -2.09. The Morgan fingerprint density at radius 3 is 2.79 bits per heavy atom. The molecular formula is C17H17FN4O2. The van der Waals surface area contributed by atoms with E-state index in [1.54, 1.807) is 12.1 Å². The number of nitrogens with zero attached hydrogens (tertiary/aromatic N) is 2. The average molecular weight is 328 g/mol. The molecule has 2 heterocycles. The SMILES string of the molecule is Cc1cc(CNc2ncc(F)c(Nc3cccc(O)c3)n2)c(C)o1. The van der Waals surface area contributed by atoms with Crippen LogP contribution in [0.1, 0.15) is 17.1 Å². The van der Waals surface area contributed by atoms with E-state index in [-0.39, 0.29) is 17.5 Å². The van der Waals surface area contributed by atoms with Crippen molar-refractivity contribution >= 4 is 17.5 Å². The van der Waals surface area contributed by atoms with E-state index in [1.165, 1.54) is 12.1 Å². The van der Waals surface area contributed by atoms with Crippen LogP contribution >= 0.6 is 0 Å². The minimum Gasteiger partial charge on any atom is -0.508 e. The summed E-state index contributed by atoms with van der Waals surface area (Å²) in [6.45, 7) is 4.23. The quantitative estimate of drug-likeness (QED) is 0.659. The number of rotatable bonds is 5. The number of nitrogens with one attached hydrogen (secondary N) is 2. The molecule has 2 aromatic heterocycles. The number of aromatic hydroxyl groups is 1. The Morgan fingerprint density at radius 1 is 1.25 bits per heavy atom. The summed E-state index contributed by atoms with van der Waals surface area (Å²) in [4.78, 5) is 8.06. The van der Waals surface area contributed by atoms with E-state index in [2.05, 4.69) is 20.6 Å². The average Bonchev–Trinajstić information content (AvgIpc) is 2.86. The Morgan fingerprint density at radius 2 is 2.08 bits per heavy atom. The van der Waals surface area contributed by atoms with Gasteiger partial charge in [0.15, 0.2) is 11.6 Å². The molecule has 0 radical (unpaired) electrons. The third-order valence-electron chi connectivity index (χ3n) is 3.43. The molecular weight excluding hydrogens is 311 g/mol. The minimum absolute atomic E-state index is 0.0261.